The van der Waals surface area contributed by atoms with E-state index >= 15 is 0 Å². The minimum absolute atomic E-state index is 0.0408. The fraction of sp³-hybridized carbons (Fsp3) is 0.438. The number of carbonyl (C=O) groups is 1. The lowest BCUT2D eigenvalue weighted by Crippen LogP contribution is -2.46. The standard InChI is InChI=1S/C16H20ClN3O4/c1-5-24-16(22-3,23-4)14(21)13-15(17)18-19-20(13)11(2)12-9-7-6-8-10-12/h6-11H,5H2,1-4H3/t11-/m1/s1. The molecule has 1 aromatic carbocycles. The first-order valence-electron chi connectivity index (χ1n) is 7.45. The molecule has 0 saturated carbocycles. The molecule has 2 rings (SSSR count). The highest BCUT2D eigenvalue weighted by Crippen LogP contribution is 2.28. The highest BCUT2D eigenvalue weighted by molar-refractivity contribution is 6.32. The van der Waals surface area contributed by atoms with Gasteiger partial charge in [0, 0.05) is 14.2 Å². The van der Waals surface area contributed by atoms with Gasteiger partial charge < -0.3 is 14.2 Å². The quantitative estimate of drug-likeness (QED) is 0.536. The van der Waals surface area contributed by atoms with Crippen molar-refractivity contribution in [2.45, 2.75) is 25.9 Å². The fourth-order valence-corrected chi connectivity index (χ4v) is 2.61. The number of Topliss-reactive ketones (excluding diaryl/α,β-unsaturated/α-hetero) is 1. The van der Waals surface area contributed by atoms with Gasteiger partial charge in [-0.2, -0.15) is 0 Å². The van der Waals surface area contributed by atoms with Crippen LogP contribution in [0.2, 0.25) is 5.15 Å². The number of benzene rings is 1. The molecular formula is C16H20ClN3O4. The van der Waals surface area contributed by atoms with E-state index < -0.39 is 11.8 Å². The molecule has 0 spiro atoms. The molecular weight excluding hydrogens is 334 g/mol. The van der Waals surface area contributed by atoms with Gasteiger partial charge in [0.25, 0.3) is 5.78 Å². The van der Waals surface area contributed by atoms with Crippen molar-refractivity contribution < 1.29 is 19.0 Å². The highest BCUT2D eigenvalue weighted by atomic mass is 35.5. The molecule has 2 aromatic rings. The molecule has 0 aliphatic rings. The Morgan fingerprint density at radius 3 is 2.46 bits per heavy atom. The summed E-state index contributed by atoms with van der Waals surface area (Å²) < 4.78 is 17.2. The second-order valence-corrected chi connectivity index (χ2v) is 5.34. The number of ether oxygens (including phenoxy) is 3. The number of aromatic nitrogens is 3. The SMILES string of the molecule is CCOC(OC)(OC)C(=O)c1c(Cl)nnn1[C@H](C)c1ccccc1. The summed E-state index contributed by atoms with van der Waals surface area (Å²) in [4.78, 5) is 13.0. The zero-order valence-corrected chi connectivity index (χ0v) is 14.8. The summed E-state index contributed by atoms with van der Waals surface area (Å²) in [7, 11) is 2.64. The molecule has 0 aliphatic heterocycles. The Hall–Kier alpha value is -1.80. The van der Waals surface area contributed by atoms with Crippen molar-refractivity contribution in [2.24, 2.45) is 0 Å². The van der Waals surface area contributed by atoms with Crippen LogP contribution in [0.3, 0.4) is 0 Å². The van der Waals surface area contributed by atoms with E-state index in [1.807, 2.05) is 37.3 Å². The van der Waals surface area contributed by atoms with Crippen molar-refractivity contribution in [3.63, 3.8) is 0 Å². The van der Waals surface area contributed by atoms with Crippen LogP contribution in [0.4, 0.5) is 0 Å². The van der Waals surface area contributed by atoms with Gasteiger partial charge in [-0.1, -0.05) is 47.1 Å². The van der Waals surface area contributed by atoms with Crippen molar-refractivity contribution >= 4 is 17.4 Å². The molecule has 0 fully saturated rings. The summed E-state index contributed by atoms with van der Waals surface area (Å²) in [6, 6.07) is 9.31. The molecule has 0 bridgehead atoms. The van der Waals surface area contributed by atoms with Crippen LogP contribution in [0.25, 0.3) is 0 Å². The van der Waals surface area contributed by atoms with Crippen LogP contribution >= 0.6 is 11.6 Å². The number of carbonyl (C=O) groups excluding carboxylic acids is 1. The average Bonchev–Trinajstić information content (AvgIpc) is 3.00. The predicted molar refractivity (Wildman–Crippen MR) is 88.0 cm³/mol. The van der Waals surface area contributed by atoms with Crippen molar-refractivity contribution in [1.29, 1.82) is 0 Å². The Morgan fingerprint density at radius 1 is 1.29 bits per heavy atom. The maximum absolute atomic E-state index is 13.0. The van der Waals surface area contributed by atoms with Crippen molar-refractivity contribution in [2.75, 3.05) is 20.8 Å². The monoisotopic (exact) mass is 353 g/mol. The first-order valence-corrected chi connectivity index (χ1v) is 7.83. The molecule has 1 heterocycles. The smallest absolute Gasteiger partial charge is 0.324 e. The molecule has 1 aromatic heterocycles. The average molecular weight is 354 g/mol. The maximum Gasteiger partial charge on any atom is 0.352 e. The van der Waals surface area contributed by atoms with Gasteiger partial charge in [-0.25, -0.2) is 4.68 Å². The molecule has 1 atom stereocenters. The number of hydrogen-bond donors (Lipinski definition) is 0. The Bertz CT molecular complexity index is 686. The third-order valence-corrected chi connectivity index (χ3v) is 3.92. The van der Waals surface area contributed by atoms with Gasteiger partial charge in [-0.3, -0.25) is 4.79 Å². The molecule has 7 nitrogen and oxygen atoms in total. The highest BCUT2D eigenvalue weighted by Gasteiger charge is 2.45. The Balaban J connectivity index is 2.48. The second kappa shape index (κ2) is 7.85. The zero-order valence-electron chi connectivity index (χ0n) is 14.0. The van der Waals surface area contributed by atoms with Gasteiger partial charge in [0.2, 0.25) is 0 Å². The van der Waals surface area contributed by atoms with Crippen molar-refractivity contribution in [1.82, 2.24) is 15.0 Å². The van der Waals surface area contributed by atoms with E-state index in [0.29, 0.717) is 0 Å². The number of nitrogens with zero attached hydrogens (tertiary/aromatic N) is 3. The molecule has 0 aliphatic carbocycles. The summed E-state index contributed by atoms with van der Waals surface area (Å²) in [6.45, 7) is 3.82. The van der Waals surface area contributed by atoms with E-state index in [1.54, 1.807) is 6.92 Å². The van der Waals surface area contributed by atoms with Crippen molar-refractivity contribution in [3.8, 4) is 0 Å². The summed E-state index contributed by atoms with van der Waals surface area (Å²) in [5.41, 5.74) is 1.01. The van der Waals surface area contributed by atoms with Crippen LogP contribution in [0.5, 0.6) is 0 Å². The van der Waals surface area contributed by atoms with Gasteiger partial charge in [0.15, 0.2) is 10.8 Å². The lowest BCUT2D eigenvalue weighted by molar-refractivity contribution is -0.321. The molecule has 0 unspecified atom stereocenters. The van der Waals surface area contributed by atoms with Gasteiger partial charge >= 0.3 is 5.97 Å². The number of ketones is 1. The first-order chi connectivity index (χ1) is 11.5. The number of rotatable bonds is 8. The van der Waals surface area contributed by atoms with Crippen LogP contribution < -0.4 is 0 Å². The van der Waals surface area contributed by atoms with Crippen LogP contribution in [0, 0.1) is 0 Å². The zero-order chi connectivity index (χ0) is 17.7. The summed E-state index contributed by atoms with van der Waals surface area (Å²) in [5.74, 6) is -2.50. The Kier molecular flexibility index (Phi) is 6.06. The lowest BCUT2D eigenvalue weighted by atomic mass is 10.1. The first kappa shape index (κ1) is 18.5. The normalized spacial score (nSPS) is 13.0. The fourth-order valence-electron chi connectivity index (χ4n) is 2.40. The molecule has 24 heavy (non-hydrogen) atoms. The summed E-state index contributed by atoms with van der Waals surface area (Å²) in [6.07, 6.45) is 0. The number of hydrogen-bond acceptors (Lipinski definition) is 6. The molecule has 0 N–H and O–H groups in total. The minimum atomic E-state index is -1.89. The van der Waals surface area contributed by atoms with Crippen LogP contribution in [0.1, 0.15) is 35.9 Å². The number of halogens is 1. The summed E-state index contributed by atoms with van der Waals surface area (Å²) in [5, 5.41) is 7.78. The molecule has 8 heteroatoms. The van der Waals surface area contributed by atoms with E-state index in [0.717, 1.165) is 5.56 Å². The topological polar surface area (TPSA) is 75.5 Å². The van der Waals surface area contributed by atoms with E-state index in [4.69, 9.17) is 25.8 Å². The van der Waals surface area contributed by atoms with Gasteiger partial charge in [0.1, 0.15) is 0 Å². The molecule has 130 valence electrons. The molecule has 0 radical (unpaired) electrons. The molecule has 0 amide bonds. The third-order valence-electron chi connectivity index (χ3n) is 3.67. The van der Waals surface area contributed by atoms with E-state index in [9.17, 15) is 4.79 Å². The van der Waals surface area contributed by atoms with Gasteiger partial charge in [-0.15, -0.1) is 5.10 Å². The van der Waals surface area contributed by atoms with Crippen LogP contribution in [-0.4, -0.2) is 47.6 Å². The summed E-state index contributed by atoms with van der Waals surface area (Å²) >= 11 is 6.11. The van der Waals surface area contributed by atoms with Gasteiger partial charge in [0.05, 0.1) is 12.6 Å². The van der Waals surface area contributed by atoms with E-state index in [1.165, 1.54) is 18.9 Å². The van der Waals surface area contributed by atoms with E-state index in [-0.39, 0.29) is 23.5 Å². The largest absolute Gasteiger partial charge is 0.352 e. The lowest BCUT2D eigenvalue weighted by Gasteiger charge is -2.28. The third kappa shape index (κ3) is 3.34. The maximum atomic E-state index is 13.0. The molecule has 0 saturated heterocycles. The van der Waals surface area contributed by atoms with Crippen molar-refractivity contribution in [3.05, 3.63) is 46.7 Å². The van der Waals surface area contributed by atoms with Gasteiger partial charge in [-0.05, 0) is 19.4 Å². The van der Waals surface area contributed by atoms with Crippen LogP contribution in [0.15, 0.2) is 30.3 Å². The van der Waals surface area contributed by atoms with Crippen LogP contribution in [-0.2, 0) is 14.2 Å². The predicted octanol–water partition coefficient (Wildman–Crippen LogP) is 2.71. The Morgan fingerprint density at radius 2 is 1.92 bits per heavy atom. The Labute approximate surface area is 145 Å². The van der Waals surface area contributed by atoms with E-state index in [2.05, 4.69) is 10.3 Å². The second-order valence-electron chi connectivity index (χ2n) is 4.99. The number of methoxy groups -OCH3 is 2. The minimum Gasteiger partial charge on any atom is -0.324 e.